The van der Waals surface area contributed by atoms with Crippen LogP contribution in [0.5, 0.6) is 0 Å². The van der Waals surface area contributed by atoms with Gasteiger partial charge >= 0.3 is 6.09 Å². The van der Waals surface area contributed by atoms with Gasteiger partial charge in [0.1, 0.15) is 11.9 Å². The van der Waals surface area contributed by atoms with E-state index in [9.17, 15) is 4.79 Å². The van der Waals surface area contributed by atoms with Crippen LogP contribution in [0.1, 0.15) is 49.5 Å². The van der Waals surface area contributed by atoms with Crippen LogP contribution >= 0.6 is 0 Å². The standard InChI is InChI=1S/C17H23N5O2/c18-9-13-10-19-15(20-13)12-1-4-21(5-2-12)14-7-17(8-14)3-6-22(11-17)16(23)24/h10,12,14H,1-8,11H2,(H,19,20)(H,23,24). The van der Waals surface area contributed by atoms with Gasteiger partial charge in [-0.2, -0.15) is 5.26 Å². The largest absolute Gasteiger partial charge is 0.465 e. The summed E-state index contributed by atoms with van der Waals surface area (Å²) in [5.41, 5.74) is 0.723. The van der Waals surface area contributed by atoms with Gasteiger partial charge in [-0.25, -0.2) is 9.78 Å². The van der Waals surface area contributed by atoms with E-state index in [0.29, 0.717) is 24.2 Å². The van der Waals surface area contributed by atoms with Crippen molar-refractivity contribution in [2.45, 2.75) is 44.1 Å². The maximum atomic E-state index is 11.1. The van der Waals surface area contributed by atoms with Gasteiger partial charge < -0.3 is 19.9 Å². The van der Waals surface area contributed by atoms with E-state index < -0.39 is 6.09 Å². The van der Waals surface area contributed by atoms with Crippen molar-refractivity contribution in [2.75, 3.05) is 26.2 Å². The van der Waals surface area contributed by atoms with E-state index in [4.69, 9.17) is 10.4 Å². The van der Waals surface area contributed by atoms with Crippen molar-refractivity contribution >= 4 is 6.09 Å². The van der Waals surface area contributed by atoms with Crippen LogP contribution in [-0.4, -0.2) is 63.2 Å². The summed E-state index contributed by atoms with van der Waals surface area (Å²) in [6.45, 7) is 3.55. The number of piperidine rings is 1. The molecular formula is C17H23N5O2. The molecule has 1 spiro atoms. The highest BCUT2D eigenvalue weighted by atomic mass is 16.4. The zero-order chi connectivity index (χ0) is 16.7. The Labute approximate surface area is 141 Å². The number of carboxylic acid groups (broad SMARTS) is 1. The summed E-state index contributed by atoms with van der Waals surface area (Å²) in [5.74, 6) is 1.37. The van der Waals surface area contributed by atoms with Crippen LogP contribution < -0.4 is 0 Å². The second-order valence-electron chi connectivity index (χ2n) is 7.61. The first-order valence-corrected chi connectivity index (χ1v) is 8.76. The van der Waals surface area contributed by atoms with E-state index in [-0.39, 0.29) is 5.41 Å². The second kappa shape index (κ2) is 5.78. The van der Waals surface area contributed by atoms with Gasteiger partial charge in [0.25, 0.3) is 0 Å². The van der Waals surface area contributed by atoms with Crippen molar-refractivity contribution in [2.24, 2.45) is 5.41 Å². The van der Waals surface area contributed by atoms with Crippen molar-refractivity contribution in [3.63, 3.8) is 0 Å². The lowest BCUT2D eigenvalue weighted by molar-refractivity contribution is -0.00417. The summed E-state index contributed by atoms with van der Waals surface area (Å²) < 4.78 is 0. The fourth-order valence-corrected chi connectivity index (χ4v) is 4.77. The molecule has 1 aromatic heterocycles. The molecule has 2 N–H and O–H groups in total. The predicted octanol–water partition coefficient (Wildman–Crippen LogP) is 1.99. The number of nitrogens with zero attached hydrogens (tertiary/aromatic N) is 4. The Morgan fingerprint density at radius 2 is 2.12 bits per heavy atom. The van der Waals surface area contributed by atoms with E-state index in [0.717, 1.165) is 57.6 Å². The monoisotopic (exact) mass is 329 g/mol. The number of amides is 1. The van der Waals surface area contributed by atoms with Crippen molar-refractivity contribution in [3.05, 3.63) is 17.7 Å². The number of hydrogen-bond donors (Lipinski definition) is 2. The van der Waals surface area contributed by atoms with E-state index in [1.165, 1.54) is 0 Å². The zero-order valence-corrected chi connectivity index (χ0v) is 13.7. The van der Waals surface area contributed by atoms with Crippen LogP contribution in [-0.2, 0) is 0 Å². The quantitative estimate of drug-likeness (QED) is 0.865. The lowest BCUT2D eigenvalue weighted by Crippen LogP contribution is -2.54. The summed E-state index contributed by atoms with van der Waals surface area (Å²) in [4.78, 5) is 22.7. The number of hydrogen-bond acceptors (Lipinski definition) is 4. The number of nitriles is 1. The van der Waals surface area contributed by atoms with Gasteiger partial charge in [0.05, 0.1) is 0 Å². The second-order valence-corrected chi connectivity index (χ2v) is 7.61. The number of likely N-dealkylation sites (tertiary alicyclic amines) is 2. The molecule has 0 radical (unpaired) electrons. The molecule has 1 aliphatic carbocycles. The minimum absolute atomic E-state index is 0.253. The van der Waals surface area contributed by atoms with Crippen molar-refractivity contribution in [1.82, 2.24) is 19.8 Å². The Kier molecular flexibility index (Phi) is 3.72. The molecule has 2 aliphatic heterocycles. The van der Waals surface area contributed by atoms with Crippen LogP contribution in [0.3, 0.4) is 0 Å². The third kappa shape index (κ3) is 2.65. The van der Waals surface area contributed by atoms with Crippen LogP contribution in [0, 0.1) is 16.7 Å². The minimum Gasteiger partial charge on any atom is -0.465 e. The highest BCUT2D eigenvalue weighted by Crippen LogP contribution is 2.50. The molecular weight excluding hydrogens is 306 g/mol. The fraction of sp³-hybridized carbons (Fsp3) is 0.706. The van der Waals surface area contributed by atoms with Crippen LogP contribution in [0.25, 0.3) is 0 Å². The molecule has 128 valence electrons. The zero-order valence-electron chi connectivity index (χ0n) is 13.7. The molecule has 2 saturated heterocycles. The van der Waals surface area contributed by atoms with E-state index in [1.54, 1.807) is 11.1 Å². The molecule has 0 aromatic carbocycles. The highest BCUT2D eigenvalue weighted by Gasteiger charge is 2.51. The maximum absolute atomic E-state index is 11.1. The molecule has 3 heterocycles. The number of nitrogens with one attached hydrogen (secondary N) is 1. The highest BCUT2D eigenvalue weighted by molar-refractivity contribution is 5.65. The first-order chi connectivity index (χ1) is 11.6. The molecule has 0 atom stereocenters. The number of aromatic amines is 1. The molecule has 7 nitrogen and oxygen atoms in total. The first-order valence-electron chi connectivity index (χ1n) is 8.76. The fourth-order valence-electron chi connectivity index (χ4n) is 4.77. The number of H-pyrrole nitrogens is 1. The molecule has 7 heteroatoms. The van der Waals surface area contributed by atoms with Crippen molar-refractivity contribution < 1.29 is 9.90 Å². The molecule has 0 bridgehead atoms. The lowest BCUT2D eigenvalue weighted by atomic mass is 9.64. The number of aromatic nitrogens is 2. The van der Waals surface area contributed by atoms with Crippen LogP contribution in [0.15, 0.2) is 6.20 Å². The van der Waals surface area contributed by atoms with Crippen LogP contribution in [0.2, 0.25) is 0 Å². The topological polar surface area (TPSA) is 96.2 Å². The molecule has 24 heavy (non-hydrogen) atoms. The van der Waals surface area contributed by atoms with Gasteiger partial charge in [0.15, 0.2) is 5.69 Å². The van der Waals surface area contributed by atoms with E-state index in [2.05, 4.69) is 20.9 Å². The average Bonchev–Trinajstić information content (AvgIpc) is 3.21. The van der Waals surface area contributed by atoms with Gasteiger partial charge in [0, 0.05) is 31.2 Å². The summed E-state index contributed by atoms with van der Waals surface area (Å²) in [6, 6.07) is 2.69. The Morgan fingerprint density at radius 1 is 1.38 bits per heavy atom. The molecule has 4 rings (SSSR count). The van der Waals surface area contributed by atoms with Gasteiger partial charge in [-0.1, -0.05) is 0 Å². The smallest absolute Gasteiger partial charge is 0.407 e. The molecule has 0 unspecified atom stereocenters. The van der Waals surface area contributed by atoms with E-state index in [1.807, 2.05) is 0 Å². The third-order valence-electron chi connectivity index (χ3n) is 6.19. The minimum atomic E-state index is -0.772. The Bertz CT molecular complexity index is 665. The molecule has 1 saturated carbocycles. The number of imidazole rings is 1. The summed E-state index contributed by atoms with van der Waals surface area (Å²) >= 11 is 0. The van der Waals surface area contributed by atoms with Gasteiger partial charge in [-0.3, -0.25) is 0 Å². The lowest BCUT2D eigenvalue weighted by Gasteiger charge is -2.51. The Hall–Kier alpha value is -2.07. The number of carbonyl (C=O) groups is 1. The normalized spacial score (nSPS) is 31.1. The number of rotatable bonds is 2. The van der Waals surface area contributed by atoms with Gasteiger partial charge in [0.2, 0.25) is 0 Å². The van der Waals surface area contributed by atoms with Crippen LogP contribution in [0.4, 0.5) is 4.79 Å². The molecule has 3 fully saturated rings. The summed E-state index contributed by atoms with van der Waals surface area (Å²) in [6.07, 6.45) is 6.36. The van der Waals surface area contributed by atoms with Gasteiger partial charge in [-0.15, -0.1) is 0 Å². The summed E-state index contributed by atoms with van der Waals surface area (Å²) in [5, 5.41) is 18.0. The Morgan fingerprint density at radius 3 is 2.71 bits per heavy atom. The first kappa shape index (κ1) is 15.5. The van der Waals surface area contributed by atoms with Crippen molar-refractivity contribution in [1.29, 1.82) is 5.26 Å². The van der Waals surface area contributed by atoms with Crippen molar-refractivity contribution in [3.8, 4) is 6.07 Å². The SMILES string of the molecule is N#Cc1c[nH]c(C2CCN(C3CC4(CCN(C(=O)O)C4)C3)CC2)n1. The van der Waals surface area contributed by atoms with E-state index >= 15 is 0 Å². The molecule has 1 aromatic rings. The average molecular weight is 329 g/mol. The summed E-state index contributed by atoms with van der Waals surface area (Å²) in [7, 11) is 0. The molecule has 1 amide bonds. The Balaban J connectivity index is 1.27. The third-order valence-corrected chi connectivity index (χ3v) is 6.19. The van der Waals surface area contributed by atoms with Gasteiger partial charge in [-0.05, 0) is 50.6 Å². The predicted molar refractivity (Wildman–Crippen MR) is 86.5 cm³/mol. The maximum Gasteiger partial charge on any atom is 0.407 e. The molecule has 3 aliphatic rings.